The van der Waals surface area contributed by atoms with Crippen LogP contribution in [0.15, 0.2) is 30.5 Å². The maximum Gasteiger partial charge on any atom is 0.327 e. The van der Waals surface area contributed by atoms with Gasteiger partial charge in [0.15, 0.2) is 11.8 Å². The number of carbonyl (C=O) groups is 3. The smallest absolute Gasteiger partial charge is 0.327 e. The number of benzene rings is 1. The van der Waals surface area contributed by atoms with Crippen LogP contribution >= 0.6 is 0 Å². The van der Waals surface area contributed by atoms with E-state index in [4.69, 9.17) is 33.6 Å². The van der Waals surface area contributed by atoms with Crippen molar-refractivity contribution in [3.63, 3.8) is 0 Å². The third-order valence-electron chi connectivity index (χ3n) is 10.5. The number of nitrogens with one attached hydrogen (secondary N) is 1. The molecule has 1 amide bonds. The zero-order valence-corrected chi connectivity index (χ0v) is 32.1. The van der Waals surface area contributed by atoms with Gasteiger partial charge in [0.05, 0.1) is 32.1 Å². The number of nitrogens with zero attached hydrogens (tertiary/aromatic N) is 1. The number of hydrogen-bond donors (Lipinski definition) is 3. The first kappa shape index (κ1) is 41.1. The molecule has 53 heavy (non-hydrogen) atoms. The van der Waals surface area contributed by atoms with Gasteiger partial charge in [-0.05, 0) is 57.2 Å². The van der Waals surface area contributed by atoms with Crippen LogP contribution < -0.4 is 5.32 Å². The molecule has 13 heteroatoms. The van der Waals surface area contributed by atoms with Gasteiger partial charge < -0.3 is 39.2 Å². The topological polar surface area (TPSA) is 162 Å². The van der Waals surface area contributed by atoms with E-state index in [0.717, 1.165) is 49.7 Å². The van der Waals surface area contributed by atoms with Crippen LogP contribution in [0.1, 0.15) is 116 Å². The lowest BCUT2D eigenvalue weighted by Gasteiger charge is -2.49. The highest BCUT2D eigenvalue weighted by molar-refractivity contribution is 5.93. The lowest BCUT2D eigenvalue weighted by molar-refractivity contribution is -0.224. The van der Waals surface area contributed by atoms with Gasteiger partial charge in [-0.1, -0.05) is 63.8 Å². The van der Waals surface area contributed by atoms with Gasteiger partial charge in [0.2, 0.25) is 5.91 Å². The number of amides is 1. The second-order valence-electron chi connectivity index (χ2n) is 15.8. The first-order valence-electron chi connectivity index (χ1n) is 19.5. The Morgan fingerprint density at radius 1 is 1.08 bits per heavy atom. The van der Waals surface area contributed by atoms with Crippen molar-refractivity contribution in [2.45, 2.75) is 160 Å². The third kappa shape index (κ3) is 9.60. The lowest BCUT2D eigenvalue weighted by Crippen LogP contribution is -2.70. The molecule has 3 aliphatic heterocycles. The van der Waals surface area contributed by atoms with Gasteiger partial charge in [-0.25, -0.2) is 0 Å². The monoisotopic (exact) mass is 744 g/mol. The highest BCUT2D eigenvalue weighted by atomic mass is 16.8. The average molecular weight is 745 g/mol. The predicted octanol–water partition coefficient (Wildman–Crippen LogP) is 4.71. The maximum absolute atomic E-state index is 14.8. The molecule has 4 fully saturated rings. The normalized spacial score (nSPS) is 28.1. The van der Waals surface area contributed by atoms with Crippen molar-refractivity contribution in [1.29, 1.82) is 0 Å². The van der Waals surface area contributed by atoms with Crippen LogP contribution in [0, 0.1) is 5.41 Å². The molecule has 2 bridgehead atoms. The van der Waals surface area contributed by atoms with Crippen molar-refractivity contribution in [3.8, 4) is 0 Å². The molecule has 13 nitrogen and oxygen atoms in total. The van der Waals surface area contributed by atoms with E-state index in [2.05, 4.69) is 19.2 Å². The Kier molecular flexibility index (Phi) is 14.0. The number of ether oxygens (including phenoxy) is 5. The number of rotatable bonds is 20. The van der Waals surface area contributed by atoms with Gasteiger partial charge in [0.25, 0.3) is 0 Å². The number of aliphatic hydroxyl groups is 2. The van der Waals surface area contributed by atoms with Crippen LogP contribution in [0.2, 0.25) is 0 Å². The number of carbonyl (C=O) groups excluding carboxylic acids is 3. The Morgan fingerprint density at radius 3 is 2.45 bits per heavy atom. The number of hydrogen-bond acceptors (Lipinski definition) is 12. The van der Waals surface area contributed by atoms with Crippen LogP contribution in [0.3, 0.4) is 0 Å². The molecule has 0 unspecified atom stereocenters. The second-order valence-corrected chi connectivity index (χ2v) is 15.8. The molecule has 3 N–H and O–H groups in total. The molecule has 7 atom stereocenters. The van der Waals surface area contributed by atoms with E-state index < -0.39 is 77.8 Å². The molecule has 0 spiro atoms. The van der Waals surface area contributed by atoms with Crippen molar-refractivity contribution < 1.29 is 53.1 Å². The molecule has 1 aromatic carbocycles. The summed E-state index contributed by atoms with van der Waals surface area (Å²) in [6, 6.07) is 5.73. The Labute approximate surface area is 313 Å². The van der Waals surface area contributed by atoms with Crippen molar-refractivity contribution in [3.05, 3.63) is 41.7 Å². The van der Waals surface area contributed by atoms with Crippen LogP contribution in [-0.4, -0.2) is 101 Å². The second kappa shape index (κ2) is 18.0. The fourth-order valence-electron chi connectivity index (χ4n) is 8.13. The zero-order valence-electron chi connectivity index (χ0n) is 32.1. The first-order chi connectivity index (χ1) is 25.4. The van der Waals surface area contributed by atoms with Crippen molar-refractivity contribution in [2.75, 3.05) is 19.8 Å². The van der Waals surface area contributed by atoms with Crippen LogP contribution in [-0.2, 0) is 49.5 Å². The summed E-state index contributed by atoms with van der Waals surface area (Å²) >= 11 is 0. The van der Waals surface area contributed by atoms with Gasteiger partial charge in [-0.3, -0.25) is 19.2 Å². The highest BCUT2D eigenvalue weighted by Gasteiger charge is 2.76. The quantitative estimate of drug-likeness (QED) is 0.0960. The van der Waals surface area contributed by atoms with Crippen molar-refractivity contribution in [2.24, 2.45) is 5.41 Å². The van der Waals surface area contributed by atoms with E-state index in [0.29, 0.717) is 12.8 Å². The molecular weight excluding hydrogens is 684 g/mol. The van der Waals surface area contributed by atoms with Gasteiger partial charge in [-0.2, -0.15) is 5.06 Å². The summed E-state index contributed by atoms with van der Waals surface area (Å²) < 4.78 is 30.7. The summed E-state index contributed by atoms with van der Waals surface area (Å²) in [6.07, 6.45) is 7.91. The number of esters is 2. The minimum atomic E-state index is -1.43. The van der Waals surface area contributed by atoms with Crippen LogP contribution in [0.5, 0.6) is 0 Å². The van der Waals surface area contributed by atoms with Gasteiger partial charge in [0, 0.05) is 25.7 Å². The SMILES string of the molecule is CCCCCC1(CCCCC)O[C@@H]2[C@H](O1)[C@H]1ON(Cc3cccc(C=COCCO)c3)[C@H]3C(=O)O[C@@H]2C[C@@]13C(=O)N[C@H](CO)CCC(=O)OC(C)(C)C. The molecule has 1 saturated carbocycles. The Morgan fingerprint density at radius 2 is 1.79 bits per heavy atom. The highest BCUT2D eigenvalue weighted by Crippen LogP contribution is 2.58. The number of aliphatic hydroxyl groups excluding tert-OH is 2. The van der Waals surface area contributed by atoms with Crippen molar-refractivity contribution >= 4 is 23.9 Å². The predicted molar refractivity (Wildman–Crippen MR) is 195 cm³/mol. The van der Waals surface area contributed by atoms with Gasteiger partial charge in [-0.15, -0.1) is 0 Å². The van der Waals surface area contributed by atoms with E-state index >= 15 is 0 Å². The largest absolute Gasteiger partial charge is 0.499 e. The van der Waals surface area contributed by atoms with Crippen LogP contribution in [0.4, 0.5) is 0 Å². The third-order valence-corrected chi connectivity index (χ3v) is 10.5. The molecule has 0 aromatic heterocycles. The van der Waals surface area contributed by atoms with E-state index in [-0.39, 0.29) is 39.0 Å². The summed E-state index contributed by atoms with van der Waals surface area (Å²) in [4.78, 5) is 48.2. The minimum Gasteiger partial charge on any atom is -0.499 e. The summed E-state index contributed by atoms with van der Waals surface area (Å²) in [5.41, 5.74) is -0.442. The van der Waals surface area contributed by atoms with Crippen LogP contribution in [0.25, 0.3) is 6.08 Å². The molecule has 1 aliphatic carbocycles. The van der Waals surface area contributed by atoms with Crippen molar-refractivity contribution in [1.82, 2.24) is 10.4 Å². The minimum absolute atomic E-state index is 0.00849. The molecule has 296 valence electrons. The summed E-state index contributed by atoms with van der Waals surface area (Å²) in [6.45, 7) is 9.48. The molecule has 0 radical (unpaired) electrons. The molecule has 4 aliphatic rings. The number of unbranched alkanes of at least 4 members (excludes halogenated alkanes) is 4. The maximum atomic E-state index is 14.8. The number of fused-ring (bicyclic) bond motifs is 4. The zero-order chi connectivity index (χ0) is 38.2. The molecule has 1 aromatic rings. The van der Waals surface area contributed by atoms with Gasteiger partial charge in [0.1, 0.15) is 42.0 Å². The molecule has 3 saturated heterocycles. The molecular formula is C40H60N2O11. The fourth-order valence-corrected chi connectivity index (χ4v) is 8.13. The standard InChI is InChI=1S/C40H60N2O11/c1-6-8-10-18-39(19-11-9-7-2)51-32-30-24-40(37(47)41-29(26-44)15-16-31(45)50-38(3,4)5)34(36(46)49-30)42(53-35(40)33(32)52-39)25-28-14-12-13-27(23-28)17-21-48-22-20-43/h12-14,17,21,23,29-30,32-35,43-44H,6-11,15-16,18-20,22,24-26H2,1-5H3,(H,41,47)/t29-,30+,32-,33-,34-,35+,40-/m0/s1. The lowest BCUT2D eigenvalue weighted by atomic mass is 9.62. The summed E-state index contributed by atoms with van der Waals surface area (Å²) in [5.74, 6) is -2.38. The average Bonchev–Trinajstić information content (AvgIpc) is 3.66. The van der Waals surface area contributed by atoms with E-state index in [1.165, 1.54) is 6.26 Å². The number of hydroxylamine groups is 2. The molecule has 3 heterocycles. The molecule has 5 rings (SSSR count). The van der Waals surface area contributed by atoms with E-state index in [9.17, 15) is 19.5 Å². The Hall–Kier alpha value is -3.07. The Bertz CT molecular complexity index is 1420. The summed E-state index contributed by atoms with van der Waals surface area (Å²) in [5, 5.41) is 23.9. The van der Waals surface area contributed by atoms with Gasteiger partial charge >= 0.3 is 11.9 Å². The van der Waals surface area contributed by atoms with E-state index in [1.807, 2.05) is 24.3 Å². The summed E-state index contributed by atoms with van der Waals surface area (Å²) in [7, 11) is 0. The van der Waals surface area contributed by atoms with E-state index in [1.54, 1.807) is 31.9 Å². The Balaban J connectivity index is 1.46. The first-order valence-corrected chi connectivity index (χ1v) is 19.5. The fraction of sp³-hybridized carbons (Fsp3) is 0.725.